The molecule has 1 aromatic heterocycles. The molecular formula is C12H11NO4. The van der Waals surface area contributed by atoms with Crippen molar-refractivity contribution in [2.24, 2.45) is 0 Å². The van der Waals surface area contributed by atoms with Crippen LogP contribution < -0.4 is 0 Å². The summed E-state index contributed by atoms with van der Waals surface area (Å²) in [6.45, 7) is 1.43. The lowest BCUT2D eigenvalue weighted by Gasteiger charge is -2.01. The topological polar surface area (TPSA) is 87.5 Å². The van der Waals surface area contributed by atoms with Crippen molar-refractivity contribution in [2.75, 3.05) is 0 Å². The van der Waals surface area contributed by atoms with Gasteiger partial charge in [-0.25, -0.2) is 9.59 Å². The van der Waals surface area contributed by atoms with Crippen molar-refractivity contribution in [2.45, 2.75) is 6.92 Å². The predicted molar refractivity (Wildman–Crippen MR) is 61.2 cm³/mol. The fraction of sp³-hybridized carbons (Fsp3) is 0.0833. The molecule has 0 aliphatic carbocycles. The fourth-order valence-electron chi connectivity index (χ4n) is 1.24. The van der Waals surface area contributed by atoms with E-state index in [9.17, 15) is 9.59 Å². The van der Waals surface area contributed by atoms with E-state index in [0.29, 0.717) is 5.56 Å². The summed E-state index contributed by atoms with van der Waals surface area (Å²) in [4.78, 5) is 25.3. The number of carboxylic acid groups (broad SMARTS) is 2. The van der Waals surface area contributed by atoms with Crippen molar-refractivity contribution in [3.8, 4) is 0 Å². The van der Waals surface area contributed by atoms with Crippen LogP contribution in [0.3, 0.4) is 0 Å². The number of aliphatic carboxylic acids is 2. The number of aromatic nitrogens is 1. The zero-order valence-electron chi connectivity index (χ0n) is 9.12. The van der Waals surface area contributed by atoms with Gasteiger partial charge < -0.3 is 10.2 Å². The average molecular weight is 233 g/mol. The van der Waals surface area contributed by atoms with Gasteiger partial charge in [0.1, 0.15) is 0 Å². The third-order valence-corrected chi connectivity index (χ3v) is 1.99. The molecule has 0 fully saturated rings. The number of nitrogens with zero attached hydrogens (tertiary/aromatic N) is 1. The quantitative estimate of drug-likeness (QED) is 0.609. The van der Waals surface area contributed by atoms with E-state index >= 15 is 0 Å². The Labute approximate surface area is 97.7 Å². The molecule has 2 N–H and O–H groups in total. The Kier molecular flexibility index (Phi) is 4.16. The highest BCUT2D eigenvalue weighted by Crippen LogP contribution is 2.14. The molecule has 0 aliphatic heterocycles. The molecule has 0 saturated heterocycles. The molecule has 0 aromatic carbocycles. The van der Waals surface area contributed by atoms with Crippen molar-refractivity contribution in [1.29, 1.82) is 0 Å². The second kappa shape index (κ2) is 5.60. The van der Waals surface area contributed by atoms with Gasteiger partial charge in [0.25, 0.3) is 0 Å². The summed E-state index contributed by atoms with van der Waals surface area (Å²) in [5.41, 5.74) is 0.706. The van der Waals surface area contributed by atoms with Gasteiger partial charge in [-0.05, 0) is 30.2 Å². The minimum atomic E-state index is -1.18. The van der Waals surface area contributed by atoms with Crippen LogP contribution >= 0.6 is 0 Å². The molecule has 5 nitrogen and oxygen atoms in total. The van der Waals surface area contributed by atoms with Gasteiger partial charge >= 0.3 is 11.9 Å². The van der Waals surface area contributed by atoms with Crippen LogP contribution in [0.2, 0.25) is 0 Å². The van der Waals surface area contributed by atoms with Gasteiger partial charge in [0.2, 0.25) is 0 Å². The van der Waals surface area contributed by atoms with Crippen LogP contribution in [0.25, 0.3) is 6.08 Å². The number of carboxylic acids is 2. The third kappa shape index (κ3) is 3.90. The van der Waals surface area contributed by atoms with E-state index in [2.05, 4.69) is 4.98 Å². The minimum absolute atomic E-state index is 0.0691. The normalized spacial score (nSPS) is 12.3. The Balaban J connectivity index is 3.15. The number of pyridine rings is 1. The van der Waals surface area contributed by atoms with Gasteiger partial charge in [-0.15, -0.1) is 0 Å². The van der Waals surface area contributed by atoms with E-state index in [1.54, 1.807) is 18.3 Å². The molecule has 0 radical (unpaired) electrons. The molecule has 0 bridgehead atoms. The molecule has 0 spiro atoms. The van der Waals surface area contributed by atoms with Gasteiger partial charge in [-0.2, -0.15) is 0 Å². The zero-order valence-corrected chi connectivity index (χ0v) is 9.12. The summed E-state index contributed by atoms with van der Waals surface area (Å²) >= 11 is 0. The highest BCUT2D eigenvalue weighted by molar-refractivity contribution is 5.98. The van der Waals surface area contributed by atoms with E-state index in [-0.39, 0.29) is 11.1 Å². The number of rotatable bonds is 4. The maximum atomic E-state index is 11.0. The lowest BCUT2D eigenvalue weighted by Crippen LogP contribution is -2.03. The Morgan fingerprint density at radius 1 is 1.35 bits per heavy atom. The van der Waals surface area contributed by atoms with Crippen LogP contribution in [0.4, 0.5) is 0 Å². The molecule has 1 aromatic rings. The Morgan fingerprint density at radius 3 is 2.53 bits per heavy atom. The molecule has 1 rings (SSSR count). The third-order valence-electron chi connectivity index (χ3n) is 1.99. The second-order valence-electron chi connectivity index (χ2n) is 3.32. The molecule has 0 unspecified atom stereocenters. The first-order chi connectivity index (χ1) is 8.00. The molecular weight excluding hydrogens is 222 g/mol. The summed E-state index contributed by atoms with van der Waals surface area (Å²) in [5, 5.41) is 17.6. The minimum Gasteiger partial charge on any atom is -0.478 e. The largest absolute Gasteiger partial charge is 0.478 e. The van der Waals surface area contributed by atoms with Crippen LogP contribution in [0.1, 0.15) is 12.5 Å². The van der Waals surface area contributed by atoms with Crippen molar-refractivity contribution >= 4 is 18.0 Å². The summed E-state index contributed by atoms with van der Waals surface area (Å²) in [6.07, 6.45) is 5.30. The zero-order chi connectivity index (χ0) is 12.8. The molecule has 17 heavy (non-hydrogen) atoms. The van der Waals surface area contributed by atoms with Crippen LogP contribution in [-0.4, -0.2) is 27.1 Å². The first-order valence-corrected chi connectivity index (χ1v) is 4.77. The van der Waals surface area contributed by atoms with Gasteiger partial charge in [-0.1, -0.05) is 6.07 Å². The van der Waals surface area contributed by atoms with E-state index in [1.165, 1.54) is 19.2 Å². The lowest BCUT2D eigenvalue weighted by molar-refractivity contribution is -0.132. The van der Waals surface area contributed by atoms with Crippen molar-refractivity contribution in [3.63, 3.8) is 0 Å². The molecule has 0 atom stereocenters. The van der Waals surface area contributed by atoms with Crippen LogP contribution in [0, 0.1) is 0 Å². The Morgan fingerprint density at radius 2 is 2.06 bits per heavy atom. The Bertz CT molecular complexity index is 488. The molecule has 88 valence electrons. The molecule has 0 amide bonds. The van der Waals surface area contributed by atoms with E-state index in [4.69, 9.17) is 10.2 Å². The molecule has 5 heteroatoms. The highest BCUT2D eigenvalue weighted by atomic mass is 16.4. The van der Waals surface area contributed by atoms with Crippen LogP contribution in [0.15, 0.2) is 41.7 Å². The van der Waals surface area contributed by atoms with Crippen molar-refractivity contribution in [1.82, 2.24) is 4.98 Å². The van der Waals surface area contributed by atoms with E-state index in [0.717, 1.165) is 6.08 Å². The van der Waals surface area contributed by atoms with E-state index < -0.39 is 11.9 Å². The summed E-state index contributed by atoms with van der Waals surface area (Å²) < 4.78 is 0. The lowest BCUT2D eigenvalue weighted by atomic mass is 10.0. The average Bonchev–Trinajstić information content (AvgIpc) is 2.25. The monoisotopic (exact) mass is 233 g/mol. The highest BCUT2D eigenvalue weighted by Gasteiger charge is 2.10. The number of carbonyl (C=O) groups is 2. The molecule has 0 saturated carbocycles. The molecule has 0 aliphatic rings. The summed E-state index contributed by atoms with van der Waals surface area (Å²) in [7, 11) is 0. The summed E-state index contributed by atoms with van der Waals surface area (Å²) in [6, 6.07) is 3.35. The maximum absolute atomic E-state index is 11.0. The van der Waals surface area contributed by atoms with E-state index in [1.807, 2.05) is 0 Å². The first-order valence-electron chi connectivity index (χ1n) is 4.77. The SMILES string of the molecule is CC(=C/C(=O)O)/C(=C/c1cccnc1)C(=O)O. The van der Waals surface area contributed by atoms with Gasteiger partial charge in [0, 0.05) is 18.5 Å². The van der Waals surface area contributed by atoms with Crippen molar-refractivity contribution in [3.05, 3.63) is 47.3 Å². The van der Waals surface area contributed by atoms with Crippen LogP contribution in [-0.2, 0) is 9.59 Å². The van der Waals surface area contributed by atoms with Gasteiger partial charge in [-0.3, -0.25) is 4.98 Å². The first kappa shape index (κ1) is 12.6. The van der Waals surface area contributed by atoms with Crippen LogP contribution in [0.5, 0.6) is 0 Å². The fourth-order valence-corrected chi connectivity index (χ4v) is 1.24. The number of hydrogen-bond acceptors (Lipinski definition) is 3. The Hall–Kier alpha value is -2.43. The second-order valence-corrected chi connectivity index (χ2v) is 3.32. The predicted octanol–water partition coefficient (Wildman–Crippen LogP) is 1.58. The van der Waals surface area contributed by atoms with Crippen molar-refractivity contribution < 1.29 is 19.8 Å². The van der Waals surface area contributed by atoms with Gasteiger partial charge in [0.15, 0.2) is 0 Å². The summed E-state index contributed by atoms with van der Waals surface area (Å²) in [5.74, 6) is -2.36. The number of hydrogen-bond donors (Lipinski definition) is 2. The maximum Gasteiger partial charge on any atom is 0.335 e. The standard InChI is InChI=1S/C12H11NO4/c1-8(5-11(14)15)10(12(16)17)6-9-3-2-4-13-7-9/h2-7H,1H3,(H,14,15)(H,16,17)/b8-5-,10-6-. The molecule has 1 heterocycles. The smallest absolute Gasteiger partial charge is 0.335 e. The van der Waals surface area contributed by atoms with Gasteiger partial charge in [0.05, 0.1) is 5.57 Å².